The molecule has 0 saturated carbocycles. The predicted molar refractivity (Wildman–Crippen MR) is 130 cm³/mol. The lowest BCUT2D eigenvalue weighted by atomic mass is 9.90. The second-order valence-corrected chi connectivity index (χ2v) is 9.03. The van der Waals surface area contributed by atoms with Crippen LogP contribution >= 0.6 is 11.6 Å². The molecule has 3 heterocycles. The number of hydrogen-bond acceptors (Lipinski definition) is 4. The van der Waals surface area contributed by atoms with Crippen LogP contribution in [0, 0.1) is 6.92 Å². The third kappa shape index (κ3) is 3.49. The Morgan fingerprint density at radius 1 is 1.24 bits per heavy atom. The van der Waals surface area contributed by atoms with Gasteiger partial charge in [0.25, 0.3) is 5.56 Å². The van der Waals surface area contributed by atoms with Gasteiger partial charge in [0.05, 0.1) is 22.4 Å². The van der Waals surface area contributed by atoms with Crippen LogP contribution in [0.25, 0.3) is 22.0 Å². The van der Waals surface area contributed by atoms with E-state index >= 15 is 0 Å². The number of aromatic hydroxyl groups is 1. The molecular formula is C25H25ClN4O3. The summed E-state index contributed by atoms with van der Waals surface area (Å²) in [5.74, 6) is -1.07. The van der Waals surface area contributed by atoms with Gasteiger partial charge in [-0.05, 0) is 43.0 Å². The number of hydrogen-bond donors (Lipinski definition) is 3. The Morgan fingerprint density at radius 3 is 2.61 bits per heavy atom. The average molecular weight is 465 g/mol. The smallest absolute Gasteiger partial charge is 0.294 e. The third-order valence-electron chi connectivity index (χ3n) is 6.18. The van der Waals surface area contributed by atoms with E-state index in [4.69, 9.17) is 17.3 Å². The van der Waals surface area contributed by atoms with Crippen LogP contribution in [0.5, 0.6) is 5.75 Å². The molecule has 0 radical (unpaired) electrons. The van der Waals surface area contributed by atoms with Crippen LogP contribution in [0.4, 0.5) is 0 Å². The molecule has 7 nitrogen and oxygen atoms in total. The molecule has 1 aromatic carbocycles. The number of fused-ring (bicyclic) bond motifs is 1. The molecule has 33 heavy (non-hydrogen) atoms. The maximum atomic E-state index is 13.5. The van der Waals surface area contributed by atoms with Crippen molar-refractivity contribution in [2.45, 2.75) is 39.2 Å². The van der Waals surface area contributed by atoms with Gasteiger partial charge < -0.3 is 15.8 Å². The Kier molecular flexibility index (Phi) is 5.54. The molecule has 1 atom stereocenters. The summed E-state index contributed by atoms with van der Waals surface area (Å²) in [6.45, 7) is 7.30. The summed E-state index contributed by atoms with van der Waals surface area (Å²) in [5, 5.41) is 12.1. The number of primary amides is 1. The standard InChI is InChI=1S/C25H25ClN4O3/c1-13(2)15-7-5-6-8-16(15)17-9-14(3)30(23(32)22(17)31)25(4,24(27)33)21-10-18-19(26)11-28-20(18)12-29-21/h5-13,28,31H,1-4H3,(H2,27,33). The van der Waals surface area contributed by atoms with Crippen LogP contribution < -0.4 is 11.3 Å². The van der Waals surface area contributed by atoms with Gasteiger partial charge in [0, 0.05) is 22.8 Å². The fraction of sp³-hybridized carbons (Fsp3) is 0.240. The molecule has 0 fully saturated rings. The summed E-state index contributed by atoms with van der Waals surface area (Å²) in [4.78, 5) is 33.7. The number of aromatic amines is 1. The van der Waals surface area contributed by atoms with Gasteiger partial charge in [-0.2, -0.15) is 0 Å². The second-order valence-electron chi connectivity index (χ2n) is 8.62. The van der Waals surface area contributed by atoms with E-state index in [0.29, 0.717) is 27.2 Å². The van der Waals surface area contributed by atoms with Crippen molar-refractivity contribution in [3.05, 3.63) is 81.1 Å². The van der Waals surface area contributed by atoms with Crippen LogP contribution in [0.15, 0.2) is 53.6 Å². The molecule has 0 bridgehead atoms. The summed E-state index contributed by atoms with van der Waals surface area (Å²) >= 11 is 6.25. The minimum Gasteiger partial charge on any atom is -0.503 e. The Balaban J connectivity index is 1.99. The molecule has 4 N–H and O–H groups in total. The number of benzene rings is 1. The Morgan fingerprint density at radius 2 is 1.94 bits per heavy atom. The number of nitrogens with zero attached hydrogens (tertiary/aromatic N) is 2. The van der Waals surface area contributed by atoms with E-state index in [1.165, 1.54) is 17.7 Å². The fourth-order valence-electron chi connectivity index (χ4n) is 4.33. The first-order chi connectivity index (χ1) is 15.6. The Bertz CT molecular complexity index is 1450. The summed E-state index contributed by atoms with van der Waals surface area (Å²) in [6.07, 6.45) is 3.15. The number of aryl methyl sites for hydroxylation is 1. The van der Waals surface area contributed by atoms with Gasteiger partial charge in [-0.1, -0.05) is 49.7 Å². The number of pyridine rings is 2. The average Bonchev–Trinajstić information content (AvgIpc) is 3.16. The highest BCUT2D eigenvalue weighted by Crippen LogP contribution is 2.36. The number of rotatable bonds is 5. The van der Waals surface area contributed by atoms with Gasteiger partial charge in [0.15, 0.2) is 11.3 Å². The van der Waals surface area contributed by atoms with E-state index in [0.717, 1.165) is 11.1 Å². The number of H-pyrrole nitrogens is 1. The summed E-state index contributed by atoms with van der Waals surface area (Å²) in [7, 11) is 0. The number of halogens is 1. The van der Waals surface area contributed by atoms with E-state index in [2.05, 4.69) is 9.97 Å². The normalized spacial score (nSPS) is 13.4. The fourth-order valence-corrected chi connectivity index (χ4v) is 4.54. The van der Waals surface area contributed by atoms with E-state index in [1.807, 2.05) is 38.1 Å². The maximum Gasteiger partial charge on any atom is 0.294 e. The van der Waals surface area contributed by atoms with Crippen LogP contribution in [0.2, 0.25) is 5.02 Å². The van der Waals surface area contributed by atoms with Crippen molar-refractivity contribution in [3.63, 3.8) is 0 Å². The van der Waals surface area contributed by atoms with Gasteiger partial charge in [0.1, 0.15) is 0 Å². The minimum absolute atomic E-state index is 0.182. The lowest BCUT2D eigenvalue weighted by Crippen LogP contribution is -2.50. The first kappa shape index (κ1) is 22.6. The van der Waals surface area contributed by atoms with Crippen molar-refractivity contribution in [1.29, 1.82) is 0 Å². The predicted octanol–water partition coefficient (Wildman–Crippen LogP) is 4.43. The van der Waals surface area contributed by atoms with Crippen LogP contribution in [0.1, 0.15) is 43.6 Å². The highest BCUT2D eigenvalue weighted by atomic mass is 35.5. The highest BCUT2D eigenvalue weighted by Gasteiger charge is 2.40. The van der Waals surface area contributed by atoms with Gasteiger partial charge in [-0.25, -0.2) is 0 Å². The first-order valence-corrected chi connectivity index (χ1v) is 10.9. The van der Waals surface area contributed by atoms with Crippen LogP contribution in [-0.4, -0.2) is 25.5 Å². The van der Waals surface area contributed by atoms with Crippen molar-refractivity contribution in [3.8, 4) is 16.9 Å². The lowest BCUT2D eigenvalue weighted by molar-refractivity contribution is -0.124. The Hall–Kier alpha value is -3.58. The number of aromatic nitrogens is 3. The number of carbonyl (C=O) groups excluding carboxylic acids is 1. The summed E-state index contributed by atoms with van der Waals surface area (Å²) < 4.78 is 1.20. The molecule has 170 valence electrons. The molecule has 0 aliphatic rings. The van der Waals surface area contributed by atoms with Crippen molar-refractivity contribution in [1.82, 2.24) is 14.5 Å². The number of amides is 1. The van der Waals surface area contributed by atoms with E-state index in [1.54, 1.807) is 25.3 Å². The zero-order valence-corrected chi connectivity index (χ0v) is 19.6. The molecule has 0 aliphatic carbocycles. The van der Waals surface area contributed by atoms with Crippen molar-refractivity contribution >= 4 is 28.4 Å². The largest absolute Gasteiger partial charge is 0.503 e. The highest BCUT2D eigenvalue weighted by molar-refractivity contribution is 6.35. The molecule has 0 saturated heterocycles. The molecule has 0 spiro atoms. The van der Waals surface area contributed by atoms with E-state index < -0.39 is 22.8 Å². The van der Waals surface area contributed by atoms with Crippen LogP contribution in [-0.2, 0) is 10.3 Å². The Labute approximate surface area is 195 Å². The third-order valence-corrected chi connectivity index (χ3v) is 6.49. The SMILES string of the molecule is Cc1cc(-c2ccccc2C(C)C)c(O)c(=O)n1C(C)(C(N)=O)c1cc2c(Cl)c[nH]c2cn1. The summed E-state index contributed by atoms with van der Waals surface area (Å²) in [5.41, 5.74) is 6.98. The van der Waals surface area contributed by atoms with Crippen molar-refractivity contribution < 1.29 is 9.90 Å². The molecule has 1 amide bonds. The monoisotopic (exact) mass is 464 g/mol. The van der Waals surface area contributed by atoms with E-state index in [-0.39, 0.29) is 11.6 Å². The number of carbonyl (C=O) groups is 1. The number of nitrogens with one attached hydrogen (secondary N) is 1. The van der Waals surface area contributed by atoms with Gasteiger partial charge in [0.2, 0.25) is 5.91 Å². The maximum absolute atomic E-state index is 13.5. The molecule has 1 unspecified atom stereocenters. The van der Waals surface area contributed by atoms with Crippen LogP contribution in [0.3, 0.4) is 0 Å². The van der Waals surface area contributed by atoms with Crippen molar-refractivity contribution in [2.75, 3.05) is 0 Å². The topological polar surface area (TPSA) is 114 Å². The number of nitrogens with two attached hydrogens (primary N) is 1. The molecule has 4 rings (SSSR count). The second kappa shape index (κ2) is 8.08. The van der Waals surface area contributed by atoms with Gasteiger partial charge in [-0.3, -0.25) is 19.1 Å². The molecule has 0 aliphatic heterocycles. The van der Waals surface area contributed by atoms with Crippen molar-refractivity contribution in [2.24, 2.45) is 5.73 Å². The molecule has 4 aromatic rings. The lowest BCUT2D eigenvalue weighted by Gasteiger charge is -2.31. The van der Waals surface area contributed by atoms with Gasteiger partial charge >= 0.3 is 0 Å². The quantitative estimate of drug-likeness (QED) is 0.405. The molecular weight excluding hydrogens is 440 g/mol. The minimum atomic E-state index is -1.66. The zero-order chi connectivity index (χ0) is 24.1. The summed E-state index contributed by atoms with van der Waals surface area (Å²) in [6, 6.07) is 10.9. The van der Waals surface area contributed by atoms with Gasteiger partial charge in [-0.15, -0.1) is 0 Å². The first-order valence-electron chi connectivity index (χ1n) is 10.6. The molecule has 3 aromatic heterocycles. The van der Waals surface area contributed by atoms with E-state index in [9.17, 15) is 14.7 Å². The molecule has 8 heteroatoms. The zero-order valence-electron chi connectivity index (χ0n) is 18.8.